The highest BCUT2D eigenvalue weighted by atomic mass is 16.5. The predicted molar refractivity (Wildman–Crippen MR) is 89.3 cm³/mol. The van der Waals surface area contributed by atoms with Crippen molar-refractivity contribution in [2.24, 2.45) is 0 Å². The van der Waals surface area contributed by atoms with E-state index in [2.05, 4.69) is 21.6 Å². The number of hydrogen-bond donors (Lipinski definition) is 2. The van der Waals surface area contributed by atoms with Crippen LogP contribution >= 0.6 is 0 Å². The summed E-state index contributed by atoms with van der Waals surface area (Å²) in [7, 11) is 3.72. The largest absolute Gasteiger partial charge is 0.491 e. The first-order valence-electron chi connectivity index (χ1n) is 7.54. The van der Waals surface area contributed by atoms with Gasteiger partial charge >= 0.3 is 0 Å². The lowest BCUT2D eigenvalue weighted by Gasteiger charge is -2.17. The van der Waals surface area contributed by atoms with Crippen LogP contribution in [0.15, 0.2) is 24.4 Å². The molecule has 2 rings (SSSR count). The second-order valence-corrected chi connectivity index (χ2v) is 5.86. The molecule has 0 unspecified atom stereocenters. The van der Waals surface area contributed by atoms with Gasteiger partial charge in [-0.15, -0.1) is 0 Å². The van der Waals surface area contributed by atoms with Gasteiger partial charge in [0.05, 0.1) is 18.3 Å². The molecule has 0 aliphatic carbocycles. The number of nitrogens with one attached hydrogen (secondary N) is 2. The van der Waals surface area contributed by atoms with Gasteiger partial charge in [-0.1, -0.05) is 0 Å². The molecule has 123 valence electrons. The number of aryl methyl sites for hydroxylation is 1. The zero-order valence-corrected chi connectivity index (χ0v) is 14.0. The SMILES string of the molecule is Cc1n[nH]cc1-c1c[c]cc(OC[C@@H](C)NC(=O)CN(C)C)c1. The Morgan fingerprint density at radius 3 is 2.91 bits per heavy atom. The maximum Gasteiger partial charge on any atom is 0.234 e. The average molecular weight is 315 g/mol. The van der Waals surface area contributed by atoms with E-state index in [1.165, 1.54) is 0 Å². The Morgan fingerprint density at radius 1 is 1.48 bits per heavy atom. The molecule has 0 aliphatic heterocycles. The first-order chi connectivity index (χ1) is 11.0. The molecule has 0 fully saturated rings. The number of H-pyrrole nitrogens is 1. The molecule has 0 aliphatic rings. The topological polar surface area (TPSA) is 70.2 Å². The lowest BCUT2D eigenvalue weighted by atomic mass is 10.1. The number of aromatic nitrogens is 2. The number of carbonyl (C=O) groups is 1. The molecule has 6 nitrogen and oxygen atoms in total. The first kappa shape index (κ1) is 17.0. The molecule has 2 aromatic rings. The molecular weight excluding hydrogens is 292 g/mol. The van der Waals surface area contributed by atoms with E-state index < -0.39 is 0 Å². The van der Waals surface area contributed by atoms with Crippen LogP contribution in [0.5, 0.6) is 5.75 Å². The molecule has 1 aromatic heterocycles. The van der Waals surface area contributed by atoms with Gasteiger partial charge in [-0.2, -0.15) is 5.10 Å². The Labute approximate surface area is 136 Å². The van der Waals surface area contributed by atoms with E-state index in [0.29, 0.717) is 13.2 Å². The van der Waals surface area contributed by atoms with Crippen molar-refractivity contribution < 1.29 is 9.53 Å². The minimum absolute atomic E-state index is 0.0135. The second kappa shape index (κ2) is 7.78. The van der Waals surface area contributed by atoms with Crippen molar-refractivity contribution in [3.63, 3.8) is 0 Å². The third kappa shape index (κ3) is 5.10. The highest BCUT2D eigenvalue weighted by Crippen LogP contribution is 2.25. The minimum atomic E-state index is -0.0678. The van der Waals surface area contributed by atoms with Crippen LogP contribution in [0.4, 0.5) is 0 Å². The number of benzene rings is 1. The van der Waals surface area contributed by atoms with Crippen LogP contribution in [-0.4, -0.2) is 54.3 Å². The Hall–Kier alpha value is -2.34. The zero-order valence-electron chi connectivity index (χ0n) is 14.0. The molecule has 2 N–H and O–H groups in total. The fourth-order valence-corrected chi connectivity index (χ4v) is 2.21. The van der Waals surface area contributed by atoms with Gasteiger partial charge in [-0.3, -0.25) is 9.89 Å². The van der Waals surface area contributed by atoms with Crippen molar-refractivity contribution in [3.8, 4) is 16.9 Å². The first-order valence-corrected chi connectivity index (χ1v) is 7.54. The lowest BCUT2D eigenvalue weighted by molar-refractivity contribution is -0.122. The number of amides is 1. The zero-order chi connectivity index (χ0) is 16.8. The summed E-state index contributed by atoms with van der Waals surface area (Å²) in [5.74, 6) is 0.706. The minimum Gasteiger partial charge on any atom is -0.491 e. The molecule has 0 saturated heterocycles. The fourth-order valence-electron chi connectivity index (χ4n) is 2.21. The normalized spacial score (nSPS) is 12.2. The number of nitrogens with zero attached hydrogens (tertiary/aromatic N) is 2. The Kier molecular flexibility index (Phi) is 5.76. The highest BCUT2D eigenvalue weighted by Gasteiger charge is 2.10. The van der Waals surface area contributed by atoms with E-state index in [0.717, 1.165) is 22.6 Å². The smallest absolute Gasteiger partial charge is 0.234 e. The van der Waals surface area contributed by atoms with E-state index in [4.69, 9.17) is 4.74 Å². The van der Waals surface area contributed by atoms with Gasteiger partial charge < -0.3 is 15.0 Å². The number of ether oxygens (including phenoxy) is 1. The van der Waals surface area contributed by atoms with Crippen molar-refractivity contribution in [3.05, 3.63) is 36.2 Å². The van der Waals surface area contributed by atoms with Crippen molar-refractivity contribution in [2.75, 3.05) is 27.2 Å². The van der Waals surface area contributed by atoms with Crippen LogP contribution in [0.2, 0.25) is 0 Å². The summed E-state index contributed by atoms with van der Waals surface area (Å²) < 4.78 is 5.76. The standard InChI is InChI=1S/C17H23N4O2/c1-12(19-17(22)10-21(3)4)11-23-15-7-5-6-14(8-15)16-9-18-20-13(16)2/h6-9,12H,10-11H2,1-4H3,(H,18,20)(H,19,22)/t12-/m1/s1. The summed E-state index contributed by atoms with van der Waals surface area (Å²) in [5, 5.41) is 9.87. The van der Waals surface area contributed by atoms with Crippen molar-refractivity contribution >= 4 is 5.91 Å². The maximum atomic E-state index is 11.7. The van der Waals surface area contributed by atoms with Crippen LogP contribution in [0.3, 0.4) is 0 Å². The molecule has 1 radical (unpaired) electrons. The van der Waals surface area contributed by atoms with Crippen LogP contribution in [0.25, 0.3) is 11.1 Å². The predicted octanol–water partition coefficient (Wildman–Crippen LogP) is 1.63. The van der Waals surface area contributed by atoms with E-state index in [1.54, 1.807) is 6.07 Å². The molecule has 1 atom stereocenters. The van der Waals surface area contributed by atoms with Crippen LogP contribution in [-0.2, 0) is 4.79 Å². The van der Waals surface area contributed by atoms with Gasteiger partial charge in [-0.05, 0) is 57.8 Å². The molecule has 23 heavy (non-hydrogen) atoms. The van der Waals surface area contributed by atoms with E-state index in [9.17, 15) is 4.79 Å². The summed E-state index contributed by atoms with van der Waals surface area (Å²) in [6, 6.07) is 8.64. The number of likely N-dealkylation sites (N-methyl/N-ethyl adjacent to an activating group) is 1. The van der Waals surface area contributed by atoms with Crippen LogP contribution in [0.1, 0.15) is 12.6 Å². The Bertz CT molecular complexity index is 652. The molecule has 6 heteroatoms. The Balaban J connectivity index is 1.91. The van der Waals surface area contributed by atoms with Gasteiger partial charge in [0, 0.05) is 11.8 Å². The summed E-state index contributed by atoms with van der Waals surface area (Å²) in [4.78, 5) is 13.5. The van der Waals surface area contributed by atoms with E-state index >= 15 is 0 Å². The second-order valence-electron chi connectivity index (χ2n) is 5.86. The summed E-state index contributed by atoms with van der Waals surface area (Å²) in [5.41, 5.74) is 2.96. The summed E-state index contributed by atoms with van der Waals surface area (Å²) in [6.45, 7) is 4.64. The molecular formula is C17H23N4O2. The molecule has 0 bridgehead atoms. The fraction of sp³-hybridized carbons (Fsp3) is 0.412. The van der Waals surface area contributed by atoms with Gasteiger partial charge in [-0.25, -0.2) is 0 Å². The monoisotopic (exact) mass is 315 g/mol. The lowest BCUT2D eigenvalue weighted by Crippen LogP contribution is -2.41. The van der Waals surface area contributed by atoms with Crippen LogP contribution in [0, 0.1) is 13.0 Å². The van der Waals surface area contributed by atoms with E-state index in [1.807, 2.05) is 51.2 Å². The maximum absolute atomic E-state index is 11.7. The third-order valence-corrected chi connectivity index (χ3v) is 3.27. The Morgan fingerprint density at radius 2 is 2.26 bits per heavy atom. The molecule has 1 amide bonds. The van der Waals surface area contributed by atoms with Crippen molar-refractivity contribution in [1.82, 2.24) is 20.4 Å². The highest BCUT2D eigenvalue weighted by molar-refractivity contribution is 5.78. The number of rotatable bonds is 7. The quantitative estimate of drug-likeness (QED) is 0.815. The number of aromatic amines is 1. The summed E-state index contributed by atoms with van der Waals surface area (Å²) >= 11 is 0. The number of hydrogen-bond acceptors (Lipinski definition) is 4. The van der Waals surface area contributed by atoms with Gasteiger partial charge in [0.25, 0.3) is 0 Å². The average Bonchev–Trinajstić information content (AvgIpc) is 2.90. The summed E-state index contributed by atoms with van der Waals surface area (Å²) in [6.07, 6.45) is 1.85. The molecule has 0 spiro atoms. The van der Waals surface area contributed by atoms with Crippen molar-refractivity contribution in [2.45, 2.75) is 19.9 Å². The van der Waals surface area contributed by atoms with E-state index in [-0.39, 0.29) is 11.9 Å². The number of carbonyl (C=O) groups excluding carboxylic acids is 1. The third-order valence-electron chi connectivity index (χ3n) is 3.27. The van der Waals surface area contributed by atoms with Crippen molar-refractivity contribution in [1.29, 1.82) is 0 Å². The van der Waals surface area contributed by atoms with Gasteiger partial charge in [0.2, 0.25) is 5.91 Å². The van der Waals surface area contributed by atoms with Gasteiger partial charge in [0.15, 0.2) is 0 Å². The molecule has 0 saturated carbocycles. The van der Waals surface area contributed by atoms with Gasteiger partial charge in [0.1, 0.15) is 12.4 Å². The molecule has 1 aromatic carbocycles. The van der Waals surface area contributed by atoms with Crippen LogP contribution < -0.4 is 10.1 Å². The molecule has 1 heterocycles.